The Morgan fingerprint density at radius 3 is 2.55 bits per heavy atom. The minimum absolute atomic E-state index is 0.146. The molecule has 1 aromatic heterocycles. The van der Waals surface area contributed by atoms with Crippen molar-refractivity contribution in [2.75, 3.05) is 26.2 Å². The minimum Gasteiger partial charge on any atom is -0.361 e. The number of nitrogens with zero attached hydrogens (tertiary/aromatic N) is 1. The first-order valence-electron chi connectivity index (χ1n) is 17.4. The van der Waals surface area contributed by atoms with Gasteiger partial charge in [-0.15, -0.1) is 0 Å². The summed E-state index contributed by atoms with van der Waals surface area (Å²) in [4.78, 5) is 48.7. The zero-order valence-electron chi connectivity index (χ0n) is 28.7. The number of H-pyrrole nitrogens is 1. The smallest absolute Gasteiger partial charge is 0.245 e. The van der Waals surface area contributed by atoms with Crippen molar-refractivity contribution < 1.29 is 14.4 Å². The van der Waals surface area contributed by atoms with Crippen molar-refractivity contribution >= 4 is 80.3 Å². The molecular formula is C37H47Cl2N7O3S2. The molecular weight excluding hydrogens is 725 g/mol. The molecule has 3 atom stereocenters. The Kier molecular flexibility index (Phi) is 14.7. The van der Waals surface area contributed by atoms with E-state index in [0.717, 1.165) is 48.1 Å². The number of nitrogens with one attached hydrogen (secondary N) is 4. The third-order valence-electron chi connectivity index (χ3n) is 9.09. The molecule has 0 saturated heterocycles. The van der Waals surface area contributed by atoms with Crippen molar-refractivity contribution in [3.05, 3.63) is 85.7 Å². The number of aromatic amines is 1. The number of likely N-dealkylation sites (N-methyl/N-ethyl adjacent to an activating group) is 1. The summed E-state index contributed by atoms with van der Waals surface area (Å²) in [6.07, 6.45) is 8.99. The maximum absolute atomic E-state index is 14.6. The van der Waals surface area contributed by atoms with E-state index < -0.39 is 18.1 Å². The quantitative estimate of drug-likeness (QED) is 0.0867. The van der Waals surface area contributed by atoms with E-state index in [-0.39, 0.29) is 37.2 Å². The molecule has 0 bridgehead atoms. The molecule has 0 aliphatic carbocycles. The second kappa shape index (κ2) is 19.1. The van der Waals surface area contributed by atoms with Gasteiger partial charge in [-0.05, 0) is 92.4 Å². The molecule has 5 rings (SSSR count). The topological polar surface area (TPSA) is 158 Å². The lowest BCUT2D eigenvalue weighted by Crippen LogP contribution is -2.58. The van der Waals surface area contributed by atoms with E-state index in [1.54, 1.807) is 11.0 Å². The number of nitrogens with two attached hydrogens (primary N) is 2. The first kappa shape index (κ1) is 39.1. The molecule has 2 aromatic carbocycles. The number of unbranched alkanes of at least 4 members (excludes halogenated alkanes) is 1. The summed E-state index contributed by atoms with van der Waals surface area (Å²) in [5.74, 6) is -0.927. The van der Waals surface area contributed by atoms with Gasteiger partial charge in [0.15, 0.2) is 0 Å². The Hall–Kier alpha value is -3.10. The lowest BCUT2D eigenvalue weighted by atomic mass is 10.00. The Morgan fingerprint density at radius 2 is 1.76 bits per heavy atom. The van der Waals surface area contributed by atoms with Crippen LogP contribution in [0.2, 0.25) is 10.0 Å². The Labute approximate surface area is 317 Å². The molecule has 0 spiro atoms. The third-order valence-corrected chi connectivity index (χ3v) is 12.3. The minimum atomic E-state index is -0.880. The van der Waals surface area contributed by atoms with Crippen LogP contribution < -0.4 is 27.4 Å². The molecule has 2 aliphatic rings. The summed E-state index contributed by atoms with van der Waals surface area (Å²) in [6.45, 7) is 3.55. The average Bonchev–Trinajstić information content (AvgIpc) is 3.54. The summed E-state index contributed by atoms with van der Waals surface area (Å²) in [5.41, 5.74) is 15.3. The number of carbonyl (C=O) groups excluding carboxylic acids is 3. The second-order valence-corrected chi connectivity index (χ2v) is 15.7. The maximum atomic E-state index is 14.6. The number of hydrogen-bond acceptors (Lipinski definition) is 7. The summed E-state index contributed by atoms with van der Waals surface area (Å²) in [5, 5.41) is 13.6. The van der Waals surface area contributed by atoms with E-state index in [1.165, 1.54) is 11.8 Å². The molecule has 2 aliphatic heterocycles. The zero-order valence-corrected chi connectivity index (χ0v) is 31.9. The van der Waals surface area contributed by atoms with Crippen LogP contribution in [0, 0.1) is 0 Å². The van der Waals surface area contributed by atoms with Gasteiger partial charge in [0.1, 0.15) is 12.1 Å². The van der Waals surface area contributed by atoms with Crippen LogP contribution in [-0.2, 0) is 27.3 Å². The van der Waals surface area contributed by atoms with Crippen LogP contribution in [-0.4, -0.2) is 77.3 Å². The first-order valence-corrected chi connectivity index (χ1v) is 19.9. The second-order valence-electron chi connectivity index (χ2n) is 12.6. The number of thiol groups is 1. The van der Waals surface area contributed by atoms with Gasteiger partial charge in [0.2, 0.25) is 17.7 Å². The largest absolute Gasteiger partial charge is 0.361 e. The Morgan fingerprint density at radius 1 is 0.980 bits per heavy atom. The average molecular weight is 773 g/mol. The van der Waals surface area contributed by atoms with Crippen LogP contribution in [0.3, 0.4) is 0 Å². The maximum Gasteiger partial charge on any atom is 0.245 e. The van der Waals surface area contributed by atoms with Gasteiger partial charge in [-0.2, -0.15) is 11.4 Å². The highest BCUT2D eigenvalue weighted by Gasteiger charge is 2.35. The van der Waals surface area contributed by atoms with Crippen molar-refractivity contribution in [2.24, 2.45) is 11.5 Å². The molecule has 14 heteroatoms. The van der Waals surface area contributed by atoms with E-state index in [0.29, 0.717) is 61.8 Å². The molecule has 51 heavy (non-hydrogen) atoms. The molecule has 0 unspecified atom stereocenters. The Balaban J connectivity index is 1.59. The molecule has 0 saturated carbocycles. The summed E-state index contributed by atoms with van der Waals surface area (Å²) in [6, 6.07) is 9.05. The van der Waals surface area contributed by atoms with E-state index in [4.69, 9.17) is 34.7 Å². The van der Waals surface area contributed by atoms with E-state index in [9.17, 15) is 14.4 Å². The van der Waals surface area contributed by atoms with Gasteiger partial charge in [0.05, 0.1) is 11.1 Å². The fraction of sp³-hybridized carbons (Fsp3) is 0.405. The fourth-order valence-electron chi connectivity index (χ4n) is 6.39. The standard InChI is InChI=1S/C37H47Cl2N7O3S2/c1-2-46-32(18-24-21-42-29-11-4-3-10-27(24)29)35(48)44-22-25-17-26(38)19-28(39)33(25)51-37-23(9-8-16-50-37)20-43-30(13-7-15-41)34(47)45-31(36(46)49)12-5-6-14-40/h3-4,8-11,16-17,19,21,30-32,42-43,50H,2,5-7,12-15,18,20,22,40-41H2,1H3,(H,44,48)(H,45,47)/t30-,31-,32-/m0/s1. The lowest BCUT2D eigenvalue weighted by molar-refractivity contribution is -0.143. The van der Waals surface area contributed by atoms with Gasteiger partial charge < -0.3 is 37.3 Å². The number of fused-ring (bicyclic) bond motifs is 2. The highest BCUT2D eigenvalue weighted by atomic mass is 35.5. The molecule has 0 radical (unpaired) electrons. The molecule has 3 heterocycles. The number of hydrogen-bond donors (Lipinski definition) is 7. The Bertz CT molecular complexity index is 1810. The summed E-state index contributed by atoms with van der Waals surface area (Å²) in [7, 11) is 0. The molecule has 8 N–H and O–H groups in total. The summed E-state index contributed by atoms with van der Waals surface area (Å²) < 4.78 is 1.04. The van der Waals surface area contributed by atoms with Crippen LogP contribution in [0.1, 0.15) is 50.2 Å². The number of carbonyl (C=O) groups is 3. The number of amides is 3. The third kappa shape index (κ3) is 10.1. The summed E-state index contributed by atoms with van der Waals surface area (Å²) >= 11 is 15.8. The van der Waals surface area contributed by atoms with Crippen LogP contribution in [0.5, 0.6) is 0 Å². The molecule has 3 aromatic rings. The highest BCUT2D eigenvalue weighted by molar-refractivity contribution is 8.21. The van der Waals surface area contributed by atoms with Crippen molar-refractivity contribution in [3.8, 4) is 0 Å². The SMILES string of the molecule is CCN1C(=O)[C@H](CCCCN)NC(=O)[C@H](CCCN)NCC2=C(Sc3c(Cl)cc(Cl)cc3CNC(=O)[C@@H]1Cc1c[nH]c3ccccc13)[SH]=CC=C2. The van der Waals surface area contributed by atoms with Gasteiger partial charge >= 0.3 is 0 Å². The number of allylic oxidation sites excluding steroid dienone is 1. The number of aromatic nitrogens is 1. The van der Waals surface area contributed by atoms with E-state index in [2.05, 4.69) is 20.9 Å². The van der Waals surface area contributed by atoms with Crippen molar-refractivity contribution in [1.82, 2.24) is 25.8 Å². The van der Waals surface area contributed by atoms with Gasteiger partial charge in [-0.1, -0.05) is 65.3 Å². The molecule has 274 valence electrons. The van der Waals surface area contributed by atoms with Gasteiger partial charge in [-0.25, -0.2) is 0 Å². The van der Waals surface area contributed by atoms with Gasteiger partial charge in [0, 0.05) is 57.3 Å². The molecule has 10 nitrogen and oxygen atoms in total. The monoisotopic (exact) mass is 771 g/mol. The lowest BCUT2D eigenvalue weighted by Gasteiger charge is -2.34. The number of para-hydroxylation sites is 1. The number of rotatable bonds is 10. The van der Waals surface area contributed by atoms with Crippen LogP contribution >= 0.6 is 46.3 Å². The van der Waals surface area contributed by atoms with E-state index in [1.807, 2.05) is 61.0 Å². The predicted molar refractivity (Wildman–Crippen MR) is 213 cm³/mol. The number of thioether (sulfide) groups is 1. The van der Waals surface area contributed by atoms with Gasteiger partial charge in [-0.3, -0.25) is 14.4 Å². The van der Waals surface area contributed by atoms with Crippen molar-refractivity contribution in [2.45, 2.75) is 75.0 Å². The highest BCUT2D eigenvalue weighted by Crippen LogP contribution is 2.42. The normalized spacial score (nSPS) is 20.8. The van der Waals surface area contributed by atoms with E-state index >= 15 is 0 Å². The van der Waals surface area contributed by atoms with Crippen molar-refractivity contribution in [1.29, 1.82) is 0 Å². The van der Waals surface area contributed by atoms with Crippen LogP contribution in [0.25, 0.3) is 10.9 Å². The molecule has 0 fully saturated rings. The van der Waals surface area contributed by atoms with Crippen LogP contribution in [0.4, 0.5) is 0 Å². The van der Waals surface area contributed by atoms with Crippen LogP contribution in [0.15, 0.2) is 69.5 Å². The fourth-order valence-corrected chi connectivity index (χ4v) is 9.22. The predicted octanol–water partition coefficient (Wildman–Crippen LogP) is 5.02. The first-order chi connectivity index (χ1) is 24.7. The molecule has 3 amide bonds. The van der Waals surface area contributed by atoms with Gasteiger partial charge in [0.25, 0.3) is 0 Å². The zero-order chi connectivity index (χ0) is 36.3. The number of benzene rings is 2. The van der Waals surface area contributed by atoms with Crippen molar-refractivity contribution in [3.63, 3.8) is 0 Å². The number of halogens is 2.